The summed E-state index contributed by atoms with van der Waals surface area (Å²) in [6.07, 6.45) is 1.17. The first-order valence-electron chi connectivity index (χ1n) is 8.80. The van der Waals surface area contributed by atoms with Crippen LogP contribution in [0.5, 0.6) is 5.75 Å². The third kappa shape index (κ3) is 5.66. The number of hydrogen-bond donors (Lipinski definition) is 1. The molecule has 1 aliphatic rings. The highest BCUT2D eigenvalue weighted by molar-refractivity contribution is 5.94. The van der Waals surface area contributed by atoms with E-state index in [2.05, 4.69) is 5.32 Å². The van der Waals surface area contributed by atoms with Crippen LogP contribution < -0.4 is 10.1 Å². The minimum atomic E-state index is -0.539. The summed E-state index contributed by atoms with van der Waals surface area (Å²) in [6, 6.07) is 7.36. The van der Waals surface area contributed by atoms with E-state index in [1.54, 1.807) is 4.90 Å². The molecule has 138 valence electrons. The molecule has 0 aliphatic carbocycles. The first kappa shape index (κ1) is 19.1. The second-order valence-electron chi connectivity index (χ2n) is 7.18. The smallest absolute Gasteiger partial charge is 0.410 e. The number of carbonyl (C=O) groups is 2. The summed E-state index contributed by atoms with van der Waals surface area (Å²) in [6.45, 7) is 8.93. The molecule has 1 fully saturated rings. The number of para-hydroxylation sites is 2. The maximum Gasteiger partial charge on any atom is 0.410 e. The Balaban J connectivity index is 1.99. The Morgan fingerprint density at radius 2 is 2.00 bits per heavy atom. The van der Waals surface area contributed by atoms with Crippen LogP contribution in [0.15, 0.2) is 24.3 Å². The average Bonchev–Trinajstić information content (AvgIpc) is 2.55. The summed E-state index contributed by atoms with van der Waals surface area (Å²) in [5.41, 5.74) is 0.117. The first-order valence-corrected chi connectivity index (χ1v) is 8.80. The summed E-state index contributed by atoms with van der Waals surface area (Å²) in [7, 11) is 0. The maximum atomic E-state index is 12.6. The summed E-state index contributed by atoms with van der Waals surface area (Å²) in [5.74, 6) is 0.300. The molecule has 2 amide bonds. The van der Waals surface area contributed by atoms with Crippen LogP contribution in [0.2, 0.25) is 0 Å². The molecule has 0 spiro atoms. The van der Waals surface area contributed by atoms with Crippen molar-refractivity contribution in [3.05, 3.63) is 24.3 Å². The fraction of sp³-hybridized carbons (Fsp3) is 0.579. The molecule has 1 atom stereocenters. The molecule has 0 saturated carbocycles. The van der Waals surface area contributed by atoms with Gasteiger partial charge >= 0.3 is 6.09 Å². The molecular formula is C19H28N2O4. The van der Waals surface area contributed by atoms with Gasteiger partial charge in [-0.15, -0.1) is 0 Å². The van der Waals surface area contributed by atoms with Gasteiger partial charge in [0.1, 0.15) is 11.4 Å². The second kappa shape index (κ2) is 8.23. The lowest BCUT2D eigenvalue weighted by molar-refractivity contribution is -0.121. The highest BCUT2D eigenvalue weighted by Crippen LogP contribution is 2.26. The van der Waals surface area contributed by atoms with Crippen molar-refractivity contribution in [1.82, 2.24) is 4.90 Å². The summed E-state index contributed by atoms with van der Waals surface area (Å²) in [4.78, 5) is 26.5. The Labute approximate surface area is 149 Å². The molecule has 0 bridgehead atoms. The van der Waals surface area contributed by atoms with Gasteiger partial charge in [-0.2, -0.15) is 0 Å². The summed E-state index contributed by atoms with van der Waals surface area (Å²) in [5, 5.41) is 2.93. The predicted molar refractivity (Wildman–Crippen MR) is 96.8 cm³/mol. The van der Waals surface area contributed by atoms with Gasteiger partial charge in [-0.1, -0.05) is 12.1 Å². The molecule has 2 rings (SSSR count). The summed E-state index contributed by atoms with van der Waals surface area (Å²) < 4.78 is 11.0. The molecule has 1 unspecified atom stereocenters. The maximum absolute atomic E-state index is 12.6. The van der Waals surface area contributed by atoms with Crippen molar-refractivity contribution < 1.29 is 19.1 Å². The third-order valence-electron chi connectivity index (χ3n) is 3.89. The molecule has 6 nitrogen and oxygen atoms in total. The van der Waals surface area contributed by atoms with E-state index >= 15 is 0 Å². The number of carbonyl (C=O) groups excluding carboxylic acids is 2. The van der Waals surface area contributed by atoms with Crippen molar-refractivity contribution in [3.8, 4) is 5.75 Å². The van der Waals surface area contributed by atoms with Crippen LogP contribution in [-0.4, -0.2) is 42.2 Å². The van der Waals surface area contributed by atoms with Crippen LogP contribution >= 0.6 is 0 Å². The van der Waals surface area contributed by atoms with E-state index in [1.807, 2.05) is 52.0 Å². The van der Waals surface area contributed by atoms with E-state index in [0.29, 0.717) is 31.1 Å². The van der Waals surface area contributed by atoms with Gasteiger partial charge in [-0.05, 0) is 52.7 Å². The van der Waals surface area contributed by atoms with Crippen LogP contribution in [0.4, 0.5) is 10.5 Å². The van der Waals surface area contributed by atoms with Gasteiger partial charge in [0.05, 0.1) is 18.2 Å². The van der Waals surface area contributed by atoms with E-state index in [-0.39, 0.29) is 17.9 Å². The number of anilines is 1. The molecular weight excluding hydrogens is 320 g/mol. The molecule has 1 N–H and O–H groups in total. The zero-order valence-corrected chi connectivity index (χ0v) is 15.5. The lowest BCUT2D eigenvalue weighted by Crippen LogP contribution is -2.45. The van der Waals surface area contributed by atoms with Crippen LogP contribution in [0.25, 0.3) is 0 Å². The Morgan fingerprint density at radius 3 is 2.68 bits per heavy atom. The van der Waals surface area contributed by atoms with Gasteiger partial charge in [-0.3, -0.25) is 4.79 Å². The average molecular weight is 348 g/mol. The fourth-order valence-electron chi connectivity index (χ4n) is 2.77. The van der Waals surface area contributed by atoms with Crippen molar-refractivity contribution in [2.24, 2.45) is 5.92 Å². The van der Waals surface area contributed by atoms with Crippen molar-refractivity contribution in [1.29, 1.82) is 0 Å². The topological polar surface area (TPSA) is 67.9 Å². The van der Waals surface area contributed by atoms with Crippen molar-refractivity contribution in [2.75, 3.05) is 25.0 Å². The number of hydrogen-bond acceptors (Lipinski definition) is 4. The van der Waals surface area contributed by atoms with Crippen LogP contribution in [0.3, 0.4) is 0 Å². The van der Waals surface area contributed by atoms with Gasteiger partial charge in [-0.25, -0.2) is 4.79 Å². The quantitative estimate of drug-likeness (QED) is 0.901. The Morgan fingerprint density at radius 1 is 1.28 bits per heavy atom. The molecule has 1 saturated heterocycles. The standard InChI is InChI=1S/C19H28N2O4/c1-5-24-16-11-7-6-10-15(16)20-17(22)14-9-8-12-21(13-14)18(23)25-19(2,3)4/h6-7,10-11,14H,5,8-9,12-13H2,1-4H3,(H,20,22). The van der Waals surface area contributed by atoms with Gasteiger partial charge in [0.15, 0.2) is 0 Å². The van der Waals surface area contributed by atoms with E-state index < -0.39 is 5.60 Å². The normalized spacial score (nSPS) is 17.8. The number of benzene rings is 1. The first-order chi connectivity index (χ1) is 11.8. The zero-order chi connectivity index (χ0) is 18.4. The Kier molecular flexibility index (Phi) is 6.28. The van der Waals surface area contributed by atoms with Gasteiger partial charge in [0, 0.05) is 13.1 Å². The van der Waals surface area contributed by atoms with E-state index in [1.165, 1.54) is 0 Å². The minimum Gasteiger partial charge on any atom is -0.492 e. The highest BCUT2D eigenvalue weighted by Gasteiger charge is 2.31. The van der Waals surface area contributed by atoms with Crippen LogP contribution in [-0.2, 0) is 9.53 Å². The van der Waals surface area contributed by atoms with Crippen molar-refractivity contribution >= 4 is 17.7 Å². The van der Waals surface area contributed by atoms with Crippen LogP contribution in [0, 0.1) is 5.92 Å². The molecule has 1 aromatic rings. The van der Waals surface area contributed by atoms with Crippen molar-refractivity contribution in [2.45, 2.75) is 46.1 Å². The predicted octanol–water partition coefficient (Wildman–Crippen LogP) is 3.67. The van der Waals surface area contributed by atoms with E-state index in [9.17, 15) is 9.59 Å². The Hall–Kier alpha value is -2.24. The zero-order valence-electron chi connectivity index (χ0n) is 15.5. The highest BCUT2D eigenvalue weighted by atomic mass is 16.6. The largest absolute Gasteiger partial charge is 0.492 e. The summed E-state index contributed by atoms with van der Waals surface area (Å²) >= 11 is 0. The SMILES string of the molecule is CCOc1ccccc1NC(=O)C1CCCN(C(=O)OC(C)(C)C)C1. The molecule has 25 heavy (non-hydrogen) atoms. The Bertz CT molecular complexity index is 610. The lowest BCUT2D eigenvalue weighted by Gasteiger charge is -2.33. The van der Waals surface area contributed by atoms with E-state index in [0.717, 1.165) is 12.8 Å². The molecule has 1 heterocycles. The molecule has 0 aromatic heterocycles. The lowest BCUT2D eigenvalue weighted by atomic mass is 9.97. The van der Waals surface area contributed by atoms with Gasteiger partial charge < -0.3 is 19.7 Å². The fourth-order valence-corrected chi connectivity index (χ4v) is 2.77. The number of ether oxygens (including phenoxy) is 2. The number of piperidine rings is 1. The monoisotopic (exact) mass is 348 g/mol. The van der Waals surface area contributed by atoms with Crippen molar-refractivity contribution in [3.63, 3.8) is 0 Å². The molecule has 1 aromatic carbocycles. The number of amides is 2. The molecule has 6 heteroatoms. The number of rotatable bonds is 4. The molecule has 1 aliphatic heterocycles. The number of nitrogens with one attached hydrogen (secondary N) is 1. The third-order valence-corrected chi connectivity index (χ3v) is 3.89. The number of likely N-dealkylation sites (tertiary alicyclic amines) is 1. The second-order valence-corrected chi connectivity index (χ2v) is 7.18. The van der Waals surface area contributed by atoms with E-state index in [4.69, 9.17) is 9.47 Å². The van der Waals surface area contributed by atoms with Gasteiger partial charge in [0.2, 0.25) is 5.91 Å². The minimum absolute atomic E-state index is 0.0968. The van der Waals surface area contributed by atoms with Gasteiger partial charge in [0.25, 0.3) is 0 Å². The molecule has 0 radical (unpaired) electrons. The number of nitrogens with zero attached hydrogens (tertiary/aromatic N) is 1. The van der Waals surface area contributed by atoms with Crippen LogP contribution in [0.1, 0.15) is 40.5 Å².